The topological polar surface area (TPSA) is 81.3 Å². The van der Waals surface area contributed by atoms with Crippen molar-refractivity contribution in [2.45, 2.75) is 19.0 Å². The Hall–Kier alpha value is -1.99. The minimum Gasteiger partial charge on any atom is -0.348 e. The molecule has 1 aromatic rings. The summed E-state index contributed by atoms with van der Waals surface area (Å²) in [6, 6.07) is 0. The molecule has 1 aromatic heterocycles. The molecule has 0 bridgehead atoms. The number of nitrogens with zero attached hydrogens (tertiary/aromatic N) is 4. The van der Waals surface area contributed by atoms with Gasteiger partial charge in [0, 0.05) is 20.0 Å². The molecule has 2 heterocycles. The standard InChI is InChI=1S/C10H13FN4O3/c1-13-10(8(5-12-13)15(17)18)14-4-2-3-9(16)7(11)6-14/h5,7H,2-4,6H2,1H3. The van der Waals surface area contributed by atoms with E-state index in [-0.39, 0.29) is 24.5 Å². The van der Waals surface area contributed by atoms with E-state index in [0.717, 1.165) is 6.20 Å². The lowest BCUT2D eigenvalue weighted by Gasteiger charge is -2.21. The van der Waals surface area contributed by atoms with Crippen LogP contribution in [0.3, 0.4) is 0 Å². The van der Waals surface area contributed by atoms with Crippen molar-refractivity contribution >= 4 is 17.3 Å². The van der Waals surface area contributed by atoms with Gasteiger partial charge >= 0.3 is 5.69 Å². The molecular formula is C10H13FN4O3. The average molecular weight is 256 g/mol. The molecular weight excluding hydrogens is 243 g/mol. The molecule has 0 aromatic carbocycles. The van der Waals surface area contributed by atoms with E-state index in [2.05, 4.69) is 5.10 Å². The summed E-state index contributed by atoms with van der Waals surface area (Å²) in [7, 11) is 1.56. The third kappa shape index (κ3) is 2.18. The molecule has 0 amide bonds. The average Bonchev–Trinajstić information content (AvgIpc) is 2.61. The Balaban J connectivity index is 2.33. The lowest BCUT2D eigenvalue weighted by Crippen LogP contribution is -2.33. The van der Waals surface area contributed by atoms with Gasteiger partial charge in [0.2, 0.25) is 5.82 Å². The second-order valence-electron chi connectivity index (χ2n) is 4.22. The van der Waals surface area contributed by atoms with Crippen molar-refractivity contribution in [3.63, 3.8) is 0 Å². The van der Waals surface area contributed by atoms with Crippen LogP contribution in [0.5, 0.6) is 0 Å². The van der Waals surface area contributed by atoms with E-state index in [9.17, 15) is 19.3 Å². The van der Waals surface area contributed by atoms with Crippen molar-refractivity contribution in [1.82, 2.24) is 9.78 Å². The highest BCUT2D eigenvalue weighted by Crippen LogP contribution is 2.28. The first-order valence-corrected chi connectivity index (χ1v) is 5.59. The van der Waals surface area contributed by atoms with Crippen LogP contribution in [0.2, 0.25) is 0 Å². The zero-order valence-corrected chi connectivity index (χ0v) is 9.87. The number of rotatable bonds is 2. The number of hydrogen-bond donors (Lipinski definition) is 0. The Labute approximate surface area is 102 Å². The van der Waals surface area contributed by atoms with Gasteiger partial charge in [0.05, 0.1) is 11.5 Å². The summed E-state index contributed by atoms with van der Waals surface area (Å²) >= 11 is 0. The highest BCUT2D eigenvalue weighted by atomic mass is 19.1. The van der Waals surface area contributed by atoms with Crippen molar-refractivity contribution in [2.24, 2.45) is 7.05 Å². The summed E-state index contributed by atoms with van der Waals surface area (Å²) in [4.78, 5) is 23.1. The Morgan fingerprint density at radius 2 is 2.33 bits per heavy atom. The Kier molecular flexibility index (Phi) is 3.26. The van der Waals surface area contributed by atoms with E-state index in [1.807, 2.05) is 0 Å². The minimum atomic E-state index is -1.60. The van der Waals surface area contributed by atoms with Crippen LogP contribution >= 0.6 is 0 Å². The van der Waals surface area contributed by atoms with Gasteiger partial charge in [0.15, 0.2) is 12.0 Å². The van der Waals surface area contributed by atoms with Gasteiger partial charge in [-0.25, -0.2) is 9.07 Å². The Morgan fingerprint density at radius 3 is 3.00 bits per heavy atom. The molecule has 0 saturated carbocycles. The fourth-order valence-corrected chi connectivity index (χ4v) is 2.09. The zero-order chi connectivity index (χ0) is 13.3. The molecule has 7 nitrogen and oxygen atoms in total. The number of aromatic nitrogens is 2. The number of ketones is 1. The molecule has 2 rings (SSSR count). The predicted molar refractivity (Wildman–Crippen MR) is 61.2 cm³/mol. The minimum absolute atomic E-state index is 0.154. The monoisotopic (exact) mass is 256 g/mol. The molecule has 1 saturated heterocycles. The maximum absolute atomic E-state index is 13.6. The van der Waals surface area contributed by atoms with Crippen LogP contribution in [0.25, 0.3) is 0 Å². The Morgan fingerprint density at radius 1 is 1.61 bits per heavy atom. The van der Waals surface area contributed by atoms with E-state index in [0.29, 0.717) is 13.0 Å². The first kappa shape index (κ1) is 12.5. The number of alkyl halides is 1. The quantitative estimate of drug-likeness (QED) is 0.578. The van der Waals surface area contributed by atoms with Gasteiger partial charge in [-0.15, -0.1) is 0 Å². The molecule has 0 radical (unpaired) electrons. The molecule has 18 heavy (non-hydrogen) atoms. The van der Waals surface area contributed by atoms with Crippen molar-refractivity contribution in [2.75, 3.05) is 18.0 Å². The maximum Gasteiger partial charge on any atom is 0.331 e. The van der Waals surface area contributed by atoms with Gasteiger partial charge in [-0.3, -0.25) is 14.9 Å². The van der Waals surface area contributed by atoms with Crippen LogP contribution < -0.4 is 4.90 Å². The number of halogens is 1. The maximum atomic E-state index is 13.6. The summed E-state index contributed by atoms with van der Waals surface area (Å²) in [6.45, 7) is 0.256. The summed E-state index contributed by atoms with van der Waals surface area (Å²) in [6.07, 6.45) is 0.196. The van der Waals surface area contributed by atoms with Gasteiger partial charge in [0.1, 0.15) is 6.20 Å². The molecule has 1 aliphatic rings. The molecule has 1 unspecified atom stereocenters. The van der Waals surface area contributed by atoms with Gasteiger partial charge in [-0.2, -0.15) is 5.10 Å². The molecule has 8 heteroatoms. The largest absolute Gasteiger partial charge is 0.348 e. The number of carbonyl (C=O) groups is 1. The lowest BCUT2D eigenvalue weighted by atomic mass is 10.2. The summed E-state index contributed by atoms with van der Waals surface area (Å²) in [5.74, 6) is -0.195. The predicted octanol–water partition coefficient (Wildman–Crippen LogP) is 0.836. The molecule has 0 spiro atoms. The lowest BCUT2D eigenvalue weighted by molar-refractivity contribution is -0.384. The second-order valence-corrected chi connectivity index (χ2v) is 4.22. The molecule has 1 fully saturated rings. The van der Waals surface area contributed by atoms with Gasteiger partial charge < -0.3 is 4.90 Å². The van der Waals surface area contributed by atoms with Crippen LogP contribution in [0.15, 0.2) is 6.20 Å². The van der Waals surface area contributed by atoms with Crippen molar-refractivity contribution < 1.29 is 14.1 Å². The van der Waals surface area contributed by atoms with Crippen LogP contribution in [0.1, 0.15) is 12.8 Å². The second kappa shape index (κ2) is 4.71. The zero-order valence-electron chi connectivity index (χ0n) is 9.87. The third-order valence-electron chi connectivity index (χ3n) is 2.97. The van der Waals surface area contributed by atoms with Crippen LogP contribution in [-0.2, 0) is 11.8 Å². The van der Waals surface area contributed by atoms with E-state index in [4.69, 9.17) is 0 Å². The van der Waals surface area contributed by atoms with Crippen LogP contribution in [0, 0.1) is 10.1 Å². The first-order valence-electron chi connectivity index (χ1n) is 5.59. The Bertz CT molecular complexity index is 487. The highest BCUT2D eigenvalue weighted by Gasteiger charge is 2.30. The fourth-order valence-electron chi connectivity index (χ4n) is 2.09. The third-order valence-corrected chi connectivity index (χ3v) is 2.97. The molecule has 0 N–H and O–H groups in total. The van der Waals surface area contributed by atoms with Crippen molar-refractivity contribution in [3.8, 4) is 0 Å². The number of anilines is 1. The summed E-state index contributed by atoms with van der Waals surface area (Å²) in [5.41, 5.74) is -0.168. The van der Waals surface area contributed by atoms with E-state index < -0.39 is 16.9 Å². The highest BCUT2D eigenvalue weighted by molar-refractivity contribution is 5.84. The van der Waals surface area contributed by atoms with Gasteiger partial charge in [-0.1, -0.05) is 0 Å². The van der Waals surface area contributed by atoms with E-state index >= 15 is 0 Å². The summed E-state index contributed by atoms with van der Waals surface area (Å²) < 4.78 is 14.9. The van der Waals surface area contributed by atoms with E-state index in [1.165, 1.54) is 9.58 Å². The van der Waals surface area contributed by atoms with E-state index in [1.54, 1.807) is 7.05 Å². The van der Waals surface area contributed by atoms with Gasteiger partial charge in [-0.05, 0) is 6.42 Å². The SMILES string of the molecule is Cn1ncc([N+](=O)[O-])c1N1CCCC(=O)C(F)C1. The van der Waals surface area contributed by atoms with Crippen molar-refractivity contribution in [3.05, 3.63) is 16.3 Å². The normalized spacial score (nSPS) is 20.9. The smallest absolute Gasteiger partial charge is 0.331 e. The molecule has 0 aliphatic carbocycles. The van der Waals surface area contributed by atoms with Crippen LogP contribution in [0.4, 0.5) is 15.9 Å². The fraction of sp³-hybridized carbons (Fsp3) is 0.600. The van der Waals surface area contributed by atoms with Gasteiger partial charge in [0.25, 0.3) is 0 Å². The summed E-state index contributed by atoms with van der Waals surface area (Å²) in [5, 5.41) is 14.7. The number of hydrogen-bond acceptors (Lipinski definition) is 5. The molecule has 98 valence electrons. The molecule has 1 aliphatic heterocycles. The first-order chi connectivity index (χ1) is 8.50. The van der Waals surface area contributed by atoms with Crippen molar-refractivity contribution in [1.29, 1.82) is 0 Å². The molecule has 1 atom stereocenters. The number of Topliss-reactive ketones (excluding diaryl/α,β-unsaturated/α-hetero) is 1. The number of aryl methyl sites for hydroxylation is 1. The number of nitro groups is 1. The van der Waals surface area contributed by atoms with Crippen LogP contribution in [-0.4, -0.2) is 39.7 Å². The number of carbonyl (C=O) groups excluding carboxylic acids is 1.